The Hall–Kier alpha value is -1.60. The van der Waals surface area contributed by atoms with Gasteiger partial charge in [0.25, 0.3) is 10.0 Å². The molecule has 7 heteroatoms. The molecule has 1 heterocycles. The number of sulfonamides is 1. The number of hydrogen-bond donors (Lipinski definition) is 1. The van der Waals surface area contributed by atoms with Crippen molar-refractivity contribution in [1.29, 1.82) is 0 Å². The van der Waals surface area contributed by atoms with Crippen molar-refractivity contribution in [3.8, 4) is 5.75 Å². The van der Waals surface area contributed by atoms with Crippen LogP contribution in [0.3, 0.4) is 0 Å². The highest BCUT2D eigenvalue weighted by Crippen LogP contribution is 2.32. The molecule has 0 atom stereocenters. The molecule has 1 aromatic carbocycles. The molecular weight excluding hydrogens is 320 g/mol. The van der Waals surface area contributed by atoms with Gasteiger partial charge in [0, 0.05) is 5.38 Å². The van der Waals surface area contributed by atoms with Crippen LogP contribution < -0.4 is 9.46 Å². The van der Waals surface area contributed by atoms with Gasteiger partial charge < -0.3 is 4.74 Å². The second kappa shape index (κ2) is 5.89. The molecule has 120 valence electrons. The van der Waals surface area contributed by atoms with E-state index in [-0.39, 0.29) is 10.3 Å². The average molecular weight is 340 g/mol. The Morgan fingerprint density at radius 1 is 1.27 bits per heavy atom. The molecule has 2 rings (SSSR count). The molecule has 0 saturated carbocycles. The van der Waals surface area contributed by atoms with Gasteiger partial charge >= 0.3 is 0 Å². The number of rotatable bonds is 4. The van der Waals surface area contributed by atoms with Crippen LogP contribution in [-0.2, 0) is 15.4 Å². The van der Waals surface area contributed by atoms with Crippen LogP contribution >= 0.6 is 11.5 Å². The largest absolute Gasteiger partial charge is 0.495 e. The number of methoxy groups -OCH3 is 1. The third-order valence-corrected chi connectivity index (χ3v) is 5.42. The van der Waals surface area contributed by atoms with Crippen LogP contribution in [0.4, 0.5) is 5.69 Å². The summed E-state index contributed by atoms with van der Waals surface area (Å²) in [5.41, 5.74) is 1.91. The van der Waals surface area contributed by atoms with Crippen LogP contribution in [0.25, 0.3) is 0 Å². The summed E-state index contributed by atoms with van der Waals surface area (Å²) in [4.78, 5) is 0.132. The minimum Gasteiger partial charge on any atom is -0.495 e. The molecule has 2 aromatic rings. The summed E-state index contributed by atoms with van der Waals surface area (Å²) in [6, 6.07) is 5.24. The number of ether oxygens (including phenoxy) is 1. The Labute approximate surface area is 135 Å². The van der Waals surface area contributed by atoms with Crippen molar-refractivity contribution in [3.63, 3.8) is 0 Å². The number of aromatic nitrogens is 1. The van der Waals surface area contributed by atoms with E-state index in [1.165, 1.54) is 18.6 Å². The third-order valence-electron chi connectivity index (χ3n) is 3.31. The second-order valence-corrected chi connectivity index (χ2v) is 8.31. The van der Waals surface area contributed by atoms with Crippen molar-refractivity contribution in [1.82, 2.24) is 4.37 Å². The van der Waals surface area contributed by atoms with Crippen LogP contribution in [0, 0.1) is 6.92 Å². The van der Waals surface area contributed by atoms with Gasteiger partial charge in [-0.15, -0.1) is 0 Å². The summed E-state index contributed by atoms with van der Waals surface area (Å²) in [5, 5.41) is 1.67. The van der Waals surface area contributed by atoms with Crippen LogP contribution in [0.2, 0.25) is 0 Å². The molecule has 0 amide bonds. The van der Waals surface area contributed by atoms with E-state index >= 15 is 0 Å². The van der Waals surface area contributed by atoms with Crippen LogP contribution in [-0.4, -0.2) is 19.9 Å². The minimum absolute atomic E-state index is 0.132. The zero-order chi connectivity index (χ0) is 16.5. The summed E-state index contributed by atoms with van der Waals surface area (Å²) in [7, 11) is -2.28. The zero-order valence-corrected chi connectivity index (χ0v) is 14.9. The molecule has 0 radical (unpaired) electrons. The maximum Gasteiger partial charge on any atom is 0.265 e. The van der Waals surface area contributed by atoms with Crippen molar-refractivity contribution in [2.75, 3.05) is 11.8 Å². The first-order chi connectivity index (χ1) is 10.1. The van der Waals surface area contributed by atoms with Crippen molar-refractivity contribution in [3.05, 3.63) is 34.8 Å². The molecule has 0 fully saturated rings. The number of hydrogen-bond acceptors (Lipinski definition) is 5. The van der Waals surface area contributed by atoms with Gasteiger partial charge in [0.15, 0.2) is 0 Å². The number of nitrogens with zero attached hydrogens (tertiary/aromatic N) is 1. The fourth-order valence-electron chi connectivity index (χ4n) is 1.94. The minimum atomic E-state index is -3.74. The molecule has 0 spiro atoms. The SMILES string of the molecule is COc1ccc(C(C)(C)C)cc1S(=O)(=O)Nc1csnc1C. The molecule has 0 aliphatic rings. The standard InChI is InChI=1S/C15H20N2O3S2/c1-10-12(9-21-16-10)17-22(18,19)14-8-11(15(2,3)4)6-7-13(14)20-5/h6-9,17H,1-5H3. The van der Waals surface area contributed by atoms with Crippen LogP contribution in [0.1, 0.15) is 32.0 Å². The van der Waals surface area contributed by atoms with E-state index in [1.54, 1.807) is 24.4 Å². The summed E-state index contributed by atoms with van der Waals surface area (Å²) in [5.74, 6) is 0.321. The number of anilines is 1. The van der Waals surface area contributed by atoms with E-state index in [2.05, 4.69) is 9.10 Å². The van der Waals surface area contributed by atoms with E-state index in [0.29, 0.717) is 17.1 Å². The lowest BCUT2D eigenvalue weighted by Crippen LogP contribution is -2.17. The Kier molecular flexibility index (Phi) is 4.49. The quantitative estimate of drug-likeness (QED) is 0.924. The van der Waals surface area contributed by atoms with Crippen LogP contribution in [0.15, 0.2) is 28.5 Å². The highest BCUT2D eigenvalue weighted by Gasteiger charge is 2.24. The predicted molar refractivity (Wildman–Crippen MR) is 89.4 cm³/mol. The predicted octanol–water partition coefficient (Wildman–Crippen LogP) is 3.56. The van der Waals surface area contributed by atoms with Crippen molar-refractivity contribution < 1.29 is 13.2 Å². The molecule has 1 aromatic heterocycles. The molecule has 0 aliphatic carbocycles. The molecule has 22 heavy (non-hydrogen) atoms. The normalized spacial score (nSPS) is 12.2. The molecule has 1 N–H and O–H groups in total. The van der Waals surface area contributed by atoms with Crippen molar-refractivity contribution >= 4 is 27.2 Å². The van der Waals surface area contributed by atoms with Gasteiger partial charge in [-0.2, -0.15) is 4.37 Å². The monoisotopic (exact) mass is 340 g/mol. The van der Waals surface area contributed by atoms with Crippen LogP contribution in [0.5, 0.6) is 5.75 Å². The lowest BCUT2D eigenvalue weighted by atomic mass is 9.87. The number of aryl methyl sites for hydroxylation is 1. The Morgan fingerprint density at radius 2 is 1.95 bits per heavy atom. The van der Waals surface area contributed by atoms with Gasteiger partial charge in [-0.25, -0.2) is 8.42 Å². The molecule has 0 saturated heterocycles. The smallest absolute Gasteiger partial charge is 0.265 e. The first kappa shape index (κ1) is 16.8. The summed E-state index contributed by atoms with van der Waals surface area (Å²) in [6.45, 7) is 7.86. The topological polar surface area (TPSA) is 68.3 Å². The third kappa shape index (κ3) is 3.41. The van der Waals surface area contributed by atoms with Gasteiger partial charge in [-0.05, 0) is 41.6 Å². The maximum atomic E-state index is 12.7. The molecule has 0 aliphatic heterocycles. The van der Waals surface area contributed by atoms with E-state index in [4.69, 9.17) is 4.74 Å². The zero-order valence-electron chi connectivity index (χ0n) is 13.3. The lowest BCUT2D eigenvalue weighted by molar-refractivity contribution is 0.402. The molecular formula is C15H20N2O3S2. The van der Waals surface area contributed by atoms with Gasteiger partial charge in [-0.3, -0.25) is 4.72 Å². The summed E-state index contributed by atoms with van der Waals surface area (Å²) < 4.78 is 37.3. The fourth-order valence-corrected chi connectivity index (χ4v) is 3.97. The fraction of sp³-hybridized carbons (Fsp3) is 0.400. The number of nitrogens with one attached hydrogen (secondary N) is 1. The molecule has 5 nitrogen and oxygen atoms in total. The Morgan fingerprint density at radius 3 is 2.45 bits per heavy atom. The molecule has 0 unspecified atom stereocenters. The second-order valence-electron chi connectivity index (χ2n) is 6.03. The number of benzene rings is 1. The van der Waals surface area contributed by atoms with Gasteiger partial charge in [0.2, 0.25) is 0 Å². The average Bonchev–Trinajstić information content (AvgIpc) is 2.82. The first-order valence-electron chi connectivity index (χ1n) is 6.77. The van der Waals surface area contributed by atoms with Gasteiger partial charge in [0.1, 0.15) is 10.6 Å². The molecule has 0 bridgehead atoms. The maximum absolute atomic E-state index is 12.7. The van der Waals surface area contributed by atoms with Gasteiger partial charge in [0.05, 0.1) is 18.5 Å². The first-order valence-corrected chi connectivity index (χ1v) is 9.09. The summed E-state index contributed by atoms with van der Waals surface area (Å²) in [6.07, 6.45) is 0. The van der Waals surface area contributed by atoms with Gasteiger partial charge in [-0.1, -0.05) is 26.8 Å². The highest BCUT2D eigenvalue weighted by atomic mass is 32.2. The Balaban J connectivity index is 2.51. The van der Waals surface area contributed by atoms with E-state index in [9.17, 15) is 8.42 Å². The van der Waals surface area contributed by atoms with Crippen molar-refractivity contribution in [2.45, 2.75) is 38.0 Å². The van der Waals surface area contributed by atoms with Crippen molar-refractivity contribution in [2.24, 2.45) is 0 Å². The van der Waals surface area contributed by atoms with E-state index in [0.717, 1.165) is 5.56 Å². The van der Waals surface area contributed by atoms with E-state index in [1.807, 2.05) is 26.8 Å². The lowest BCUT2D eigenvalue weighted by Gasteiger charge is -2.21. The summed E-state index contributed by atoms with van der Waals surface area (Å²) >= 11 is 1.21. The van der Waals surface area contributed by atoms with E-state index < -0.39 is 10.0 Å². The Bertz CT molecular complexity index is 774. The highest BCUT2D eigenvalue weighted by molar-refractivity contribution is 7.92.